The molecule has 1 unspecified atom stereocenters. The highest BCUT2D eigenvalue weighted by molar-refractivity contribution is 5.98. The van der Waals surface area contributed by atoms with Crippen LogP contribution in [0.1, 0.15) is 6.42 Å². The van der Waals surface area contributed by atoms with Gasteiger partial charge in [0.2, 0.25) is 5.91 Å². The summed E-state index contributed by atoms with van der Waals surface area (Å²) in [5.41, 5.74) is 4.40. The van der Waals surface area contributed by atoms with Crippen LogP contribution in [0.4, 0.5) is 14.5 Å². The number of halogens is 2. The number of nitrogens with two attached hydrogens (primary N) is 1. The van der Waals surface area contributed by atoms with Crippen molar-refractivity contribution in [2.45, 2.75) is 12.0 Å². The molecule has 1 heterocycles. The topological polar surface area (TPSA) is 64.4 Å². The molecule has 17 heavy (non-hydrogen) atoms. The molecule has 0 aromatic heterocycles. The van der Waals surface area contributed by atoms with Crippen molar-refractivity contribution < 1.29 is 18.3 Å². The van der Waals surface area contributed by atoms with Gasteiger partial charge < -0.3 is 15.8 Å². The zero-order chi connectivity index (χ0) is 12.5. The fourth-order valence-corrected chi connectivity index (χ4v) is 1.61. The normalized spacial score (nSPS) is 23.7. The first kappa shape index (κ1) is 11.9. The summed E-state index contributed by atoms with van der Waals surface area (Å²) in [6.45, 7) is 0.464. The van der Waals surface area contributed by atoms with E-state index in [2.05, 4.69) is 5.32 Å². The van der Waals surface area contributed by atoms with Crippen molar-refractivity contribution in [3.8, 4) is 0 Å². The number of carbonyl (C=O) groups excluding carboxylic acids is 1. The predicted octanol–water partition coefficient (Wildman–Crippen LogP) is 1.02. The molecule has 1 atom stereocenters. The van der Waals surface area contributed by atoms with Gasteiger partial charge in [-0.3, -0.25) is 4.79 Å². The number of anilines is 1. The fraction of sp³-hybridized carbons (Fsp3) is 0.364. The molecule has 1 aromatic carbocycles. The molecule has 6 heteroatoms. The summed E-state index contributed by atoms with van der Waals surface area (Å²) in [4.78, 5) is 11.8. The second kappa shape index (κ2) is 4.38. The van der Waals surface area contributed by atoms with Gasteiger partial charge in [-0.2, -0.15) is 0 Å². The molecule has 1 saturated heterocycles. The molecule has 0 spiro atoms. The minimum absolute atomic E-state index is 0.0791. The third-order valence-electron chi connectivity index (χ3n) is 2.70. The van der Waals surface area contributed by atoms with Crippen LogP contribution in [-0.4, -0.2) is 24.7 Å². The molecule has 1 aromatic rings. The van der Waals surface area contributed by atoms with Crippen LogP contribution in [0.15, 0.2) is 18.2 Å². The molecule has 2 rings (SSSR count). The summed E-state index contributed by atoms with van der Waals surface area (Å²) in [7, 11) is 0. The Morgan fingerprint density at radius 2 is 2.24 bits per heavy atom. The average molecular weight is 242 g/mol. The van der Waals surface area contributed by atoms with Crippen molar-refractivity contribution in [2.24, 2.45) is 5.73 Å². The first-order valence-electron chi connectivity index (χ1n) is 5.15. The van der Waals surface area contributed by atoms with Crippen LogP contribution in [0.2, 0.25) is 0 Å². The number of hydrogen-bond donors (Lipinski definition) is 2. The van der Waals surface area contributed by atoms with Gasteiger partial charge in [0, 0.05) is 6.61 Å². The zero-order valence-electron chi connectivity index (χ0n) is 9.00. The van der Waals surface area contributed by atoms with Crippen LogP contribution in [0.3, 0.4) is 0 Å². The Morgan fingerprint density at radius 3 is 2.88 bits per heavy atom. The molecule has 0 bridgehead atoms. The number of carbonyl (C=O) groups is 1. The fourth-order valence-electron chi connectivity index (χ4n) is 1.61. The largest absolute Gasteiger partial charge is 0.379 e. The van der Waals surface area contributed by atoms with Gasteiger partial charge in [-0.1, -0.05) is 6.07 Å². The Kier molecular flexibility index (Phi) is 3.08. The molecule has 0 radical (unpaired) electrons. The highest BCUT2D eigenvalue weighted by Gasteiger charge is 2.38. The molecule has 1 fully saturated rings. The molecule has 1 aliphatic heterocycles. The van der Waals surface area contributed by atoms with Gasteiger partial charge in [-0.25, -0.2) is 8.78 Å². The van der Waals surface area contributed by atoms with E-state index in [4.69, 9.17) is 10.5 Å². The van der Waals surface area contributed by atoms with Crippen molar-refractivity contribution in [3.05, 3.63) is 29.8 Å². The van der Waals surface area contributed by atoms with E-state index in [9.17, 15) is 13.6 Å². The van der Waals surface area contributed by atoms with Gasteiger partial charge in [0.15, 0.2) is 11.6 Å². The molecule has 1 aliphatic rings. The molecular weight excluding hydrogens is 230 g/mol. The lowest BCUT2D eigenvalue weighted by molar-refractivity contribution is -0.121. The Bertz CT molecular complexity index is 445. The number of amides is 1. The SMILES string of the molecule is NC1(C(=O)Nc2cccc(F)c2F)CCOC1. The second-order valence-corrected chi connectivity index (χ2v) is 4.01. The Hall–Kier alpha value is -1.53. The Labute approximate surface area is 96.7 Å². The summed E-state index contributed by atoms with van der Waals surface area (Å²) < 4.78 is 31.3. The minimum atomic E-state index is -1.17. The maximum absolute atomic E-state index is 13.3. The Morgan fingerprint density at radius 1 is 1.47 bits per heavy atom. The third kappa shape index (κ3) is 2.27. The molecule has 1 amide bonds. The monoisotopic (exact) mass is 242 g/mol. The van der Waals surface area contributed by atoms with Gasteiger partial charge in [0.25, 0.3) is 0 Å². The number of benzene rings is 1. The van der Waals surface area contributed by atoms with Crippen molar-refractivity contribution in [1.29, 1.82) is 0 Å². The minimum Gasteiger partial charge on any atom is -0.379 e. The smallest absolute Gasteiger partial charge is 0.247 e. The van der Waals surface area contributed by atoms with E-state index in [1.165, 1.54) is 12.1 Å². The van der Waals surface area contributed by atoms with Crippen molar-refractivity contribution >= 4 is 11.6 Å². The predicted molar refractivity (Wildman–Crippen MR) is 57.3 cm³/mol. The lowest BCUT2D eigenvalue weighted by Crippen LogP contribution is -2.51. The number of ether oxygens (including phenoxy) is 1. The van der Waals surface area contributed by atoms with Crippen LogP contribution in [0.25, 0.3) is 0 Å². The summed E-state index contributed by atoms with van der Waals surface area (Å²) in [5, 5.41) is 2.27. The first-order chi connectivity index (χ1) is 8.03. The summed E-state index contributed by atoms with van der Waals surface area (Å²) in [5.74, 6) is -2.68. The third-order valence-corrected chi connectivity index (χ3v) is 2.70. The first-order valence-corrected chi connectivity index (χ1v) is 5.15. The highest BCUT2D eigenvalue weighted by Crippen LogP contribution is 2.21. The second-order valence-electron chi connectivity index (χ2n) is 4.01. The van der Waals surface area contributed by atoms with Gasteiger partial charge in [0.1, 0.15) is 5.54 Å². The standard InChI is InChI=1S/C11H12F2N2O2/c12-7-2-1-3-8(9(7)13)15-10(16)11(14)4-5-17-6-11/h1-3H,4-6,14H2,(H,15,16). The molecule has 3 N–H and O–H groups in total. The van der Waals surface area contributed by atoms with Crippen molar-refractivity contribution in [3.63, 3.8) is 0 Å². The van der Waals surface area contributed by atoms with Crippen molar-refractivity contribution in [1.82, 2.24) is 0 Å². The molecule has 4 nitrogen and oxygen atoms in total. The quantitative estimate of drug-likeness (QED) is 0.813. The summed E-state index contributed by atoms with van der Waals surface area (Å²) in [6.07, 6.45) is 0.357. The van der Waals surface area contributed by atoms with Crippen LogP contribution < -0.4 is 11.1 Å². The highest BCUT2D eigenvalue weighted by atomic mass is 19.2. The van der Waals surface area contributed by atoms with Gasteiger partial charge in [0.05, 0.1) is 12.3 Å². The lowest BCUT2D eigenvalue weighted by Gasteiger charge is -2.20. The number of nitrogens with one attached hydrogen (secondary N) is 1. The van der Waals surface area contributed by atoms with Gasteiger partial charge >= 0.3 is 0 Å². The Balaban J connectivity index is 2.16. The molecule has 0 saturated carbocycles. The van der Waals surface area contributed by atoms with E-state index in [1.807, 2.05) is 0 Å². The van der Waals surface area contributed by atoms with E-state index in [0.717, 1.165) is 6.07 Å². The summed E-state index contributed by atoms with van der Waals surface area (Å²) in [6, 6.07) is 3.56. The summed E-state index contributed by atoms with van der Waals surface area (Å²) >= 11 is 0. The zero-order valence-corrected chi connectivity index (χ0v) is 9.00. The maximum atomic E-state index is 13.3. The molecular formula is C11H12F2N2O2. The lowest BCUT2D eigenvalue weighted by atomic mass is 9.99. The molecule has 92 valence electrons. The van der Waals surface area contributed by atoms with E-state index < -0.39 is 23.1 Å². The van der Waals surface area contributed by atoms with E-state index in [-0.39, 0.29) is 12.3 Å². The van der Waals surface area contributed by atoms with Crippen LogP contribution >= 0.6 is 0 Å². The van der Waals surface area contributed by atoms with E-state index >= 15 is 0 Å². The number of hydrogen-bond acceptors (Lipinski definition) is 3. The van der Waals surface area contributed by atoms with Gasteiger partial charge in [-0.15, -0.1) is 0 Å². The maximum Gasteiger partial charge on any atom is 0.247 e. The molecule has 0 aliphatic carbocycles. The van der Waals surface area contributed by atoms with E-state index in [1.54, 1.807) is 0 Å². The van der Waals surface area contributed by atoms with Gasteiger partial charge in [-0.05, 0) is 18.6 Å². The van der Waals surface area contributed by atoms with Crippen LogP contribution in [0, 0.1) is 11.6 Å². The van der Waals surface area contributed by atoms with Crippen molar-refractivity contribution in [2.75, 3.05) is 18.5 Å². The number of rotatable bonds is 2. The van der Waals surface area contributed by atoms with E-state index in [0.29, 0.717) is 13.0 Å². The van der Waals surface area contributed by atoms with Crippen LogP contribution in [0.5, 0.6) is 0 Å². The van der Waals surface area contributed by atoms with Crippen LogP contribution in [-0.2, 0) is 9.53 Å². The average Bonchev–Trinajstić information content (AvgIpc) is 2.73.